The molecule has 1 aliphatic heterocycles. The number of aryl methyl sites for hydroxylation is 2. The Morgan fingerprint density at radius 3 is 2.25 bits per heavy atom. The minimum absolute atomic E-state index is 0.291. The van der Waals surface area contributed by atoms with Crippen LogP contribution in [-0.4, -0.2) is 58.2 Å². The fourth-order valence-corrected chi connectivity index (χ4v) is 4.69. The van der Waals surface area contributed by atoms with Crippen LogP contribution in [0.5, 0.6) is 0 Å². The summed E-state index contributed by atoms with van der Waals surface area (Å²) < 4.78 is 64.8. The van der Waals surface area contributed by atoms with Crippen molar-refractivity contribution in [2.45, 2.75) is 20.0 Å². The summed E-state index contributed by atoms with van der Waals surface area (Å²) in [4.78, 5) is 16.2. The molecule has 0 spiro atoms. The van der Waals surface area contributed by atoms with Gasteiger partial charge in [0, 0.05) is 31.9 Å². The van der Waals surface area contributed by atoms with Crippen molar-refractivity contribution in [1.29, 1.82) is 0 Å². The SMILES string of the molecule is Cc1ccc(N(CC(=O)N2CCN(c3cccc(C(F)(F)F)c3)CC2)S(C)(=O)=O)c(C)c1. The molecule has 0 aliphatic carbocycles. The van der Waals surface area contributed by atoms with Gasteiger partial charge in [0.25, 0.3) is 0 Å². The first-order valence-corrected chi connectivity index (χ1v) is 12.0. The van der Waals surface area contributed by atoms with Crippen molar-refractivity contribution in [2.75, 3.05) is 48.2 Å². The van der Waals surface area contributed by atoms with Crippen LogP contribution in [-0.2, 0) is 21.0 Å². The fraction of sp³-hybridized carbons (Fsp3) is 0.409. The Labute approximate surface area is 186 Å². The van der Waals surface area contributed by atoms with Gasteiger partial charge in [0.05, 0.1) is 17.5 Å². The molecule has 0 unspecified atom stereocenters. The minimum atomic E-state index is -4.42. The molecule has 1 fully saturated rings. The van der Waals surface area contributed by atoms with E-state index in [2.05, 4.69) is 0 Å². The highest BCUT2D eigenvalue weighted by molar-refractivity contribution is 7.92. The summed E-state index contributed by atoms with van der Waals surface area (Å²) in [5.41, 5.74) is 1.91. The minimum Gasteiger partial charge on any atom is -0.368 e. The van der Waals surface area contributed by atoms with Crippen molar-refractivity contribution in [3.8, 4) is 0 Å². The van der Waals surface area contributed by atoms with Gasteiger partial charge in [-0.25, -0.2) is 8.42 Å². The largest absolute Gasteiger partial charge is 0.416 e. The molecule has 0 N–H and O–H groups in total. The molecule has 10 heteroatoms. The van der Waals surface area contributed by atoms with Crippen LogP contribution in [0.2, 0.25) is 0 Å². The molecule has 174 valence electrons. The quantitative estimate of drug-likeness (QED) is 0.673. The second-order valence-corrected chi connectivity index (χ2v) is 9.88. The Morgan fingerprint density at radius 2 is 1.69 bits per heavy atom. The third-order valence-electron chi connectivity index (χ3n) is 5.47. The number of nitrogens with zero attached hydrogens (tertiary/aromatic N) is 3. The molecule has 2 aromatic rings. The summed E-state index contributed by atoms with van der Waals surface area (Å²) in [6, 6.07) is 10.4. The summed E-state index contributed by atoms with van der Waals surface area (Å²) >= 11 is 0. The lowest BCUT2D eigenvalue weighted by molar-refractivity contribution is -0.137. The van der Waals surface area contributed by atoms with Crippen LogP contribution in [0.25, 0.3) is 0 Å². The number of hydrogen-bond acceptors (Lipinski definition) is 4. The molecule has 1 heterocycles. The smallest absolute Gasteiger partial charge is 0.368 e. The topological polar surface area (TPSA) is 60.9 Å². The highest BCUT2D eigenvalue weighted by Gasteiger charge is 2.32. The number of amides is 1. The van der Waals surface area contributed by atoms with E-state index in [1.54, 1.807) is 34.9 Å². The summed E-state index contributed by atoms with van der Waals surface area (Å²) in [5, 5.41) is 0. The molecule has 0 bridgehead atoms. The molecule has 0 radical (unpaired) electrons. The number of hydrogen-bond donors (Lipinski definition) is 0. The van der Waals surface area contributed by atoms with Crippen LogP contribution in [0.1, 0.15) is 16.7 Å². The molecule has 32 heavy (non-hydrogen) atoms. The fourth-order valence-electron chi connectivity index (χ4n) is 3.78. The Balaban J connectivity index is 1.69. The van der Waals surface area contributed by atoms with Crippen LogP contribution in [0, 0.1) is 13.8 Å². The zero-order valence-corrected chi connectivity index (χ0v) is 19.0. The van der Waals surface area contributed by atoms with Crippen molar-refractivity contribution >= 4 is 27.3 Å². The number of anilines is 2. The third kappa shape index (κ3) is 5.53. The van der Waals surface area contributed by atoms with Crippen LogP contribution in [0.4, 0.5) is 24.5 Å². The first kappa shape index (κ1) is 23.9. The predicted octanol–water partition coefficient (Wildman–Crippen LogP) is 3.44. The van der Waals surface area contributed by atoms with Gasteiger partial charge >= 0.3 is 6.18 Å². The van der Waals surface area contributed by atoms with E-state index in [-0.39, 0.29) is 12.5 Å². The average molecular weight is 470 g/mol. The van der Waals surface area contributed by atoms with Gasteiger partial charge in [-0.2, -0.15) is 13.2 Å². The summed E-state index contributed by atoms with van der Waals surface area (Å²) in [6.07, 6.45) is -3.36. The molecule has 0 saturated carbocycles. The molecule has 0 aromatic heterocycles. The van der Waals surface area contributed by atoms with Gasteiger partial charge < -0.3 is 9.80 Å². The van der Waals surface area contributed by atoms with Crippen molar-refractivity contribution in [2.24, 2.45) is 0 Å². The molecule has 3 rings (SSSR count). The summed E-state index contributed by atoms with van der Waals surface area (Å²) in [6.45, 7) is 4.66. The Morgan fingerprint density at radius 1 is 1.03 bits per heavy atom. The van der Waals surface area contributed by atoms with Gasteiger partial charge in [-0.1, -0.05) is 23.8 Å². The Bertz CT molecular complexity index is 1100. The predicted molar refractivity (Wildman–Crippen MR) is 118 cm³/mol. The number of carbonyl (C=O) groups is 1. The molecule has 1 saturated heterocycles. The number of piperazine rings is 1. The maximum atomic E-state index is 13.0. The molecular weight excluding hydrogens is 443 g/mol. The number of benzene rings is 2. The molecule has 1 amide bonds. The van der Waals surface area contributed by atoms with Gasteiger partial charge in [-0.15, -0.1) is 0 Å². The van der Waals surface area contributed by atoms with Crippen molar-refractivity contribution < 1.29 is 26.4 Å². The Kier molecular flexibility index (Phi) is 6.73. The van der Waals surface area contributed by atoms with Gasteiger partial charge in [-0.05, 0) is 43.7 Å². The zero-order chi connectivity index (χ0) is 23.7. The molecule has 6 nitrogen and oxygen atoms in total. The zero-order valence-electron chi connectivity index (χ0n) is 18.2. The second kappa shape index (κ2) is 9.01. The standard InChI is InChI=1S/C22H26F3N3O3S/c1-16-7-8-20(17(2)13-16)28(32(3,30)31)15-21(29)27-11-9-26(10-12-27)19-6-4-5-18(14-19)22(23,24)25/h4-8,13-14H,9-12,15H2,1-3H3. The lowest BCUT2D eigenvalue weighted by Gasteiger charge is -2.37. The lowest BCUT2D eigenvalue weighted by atomic mass is 10.1. The van der Waals surface area contributed by atoms with E-state index in [4.69, 9.17) is 0 Å². The average Bonchev–Trinajstić information content (AvgIpc) is 2.71. The summed E-state index contributed by atoms with van der Waals surface area (Å²) in [7, 11) is -3.69. The van der Waals surface area contributed by atoms with Crippen LogP contribution < -0.4 is 9.21 Å². The van der Waals surface area contributed by atoms with Gasteiger partial charge in [0.2, 0.25) is 15.9 Å². The molecule has 2 aromatic carbocycles. The van der Waals surface area contributed by atoms with E-state index in [1.807, 2.05) is 13.0 Å². The lowest BCUT2D eigenvalue weighted by Crippen LogP contribution is -2.52. The van der Waals surface area contributed by atoms with E-state index in [0.29, 0.717) is 37.6 Å². The number of sulfonamides is 1. The normalized spacial score (nSPS) is 15.1. The maximum absolute atomic E-state index is 13.0. The monoisotopic (exact) mass is 469 g/mol. The first-order chi connectivity index (χ1) is 14.9. The molecule has 1 aliphatic rings. The number of rotatable bonds is 5. The van der Waals surface area contributed by atoms with Crippen molar-refractivity contribution in [3.05, 3.63) is 59.2 Å². The Hall–Kier alpha value is -2.75. The van der Waals surface area contributed by atoms with E-state index < -0.39 is 21.8 Å². The van der Waals surface area contributed by atoms with Gasteiger partial charge in [0.15, 0.2) is 0 Å². The number of alkyl halides is 3. The first-order valence-electron chi connectivity index (χ1n) is 10.1. The van der Waals surface area contributed by atoms with Gasteiger partial charge in [0.1, 0.15) is 6.54 Å². The third-order valence-corrected chi connectivity index (χ3v) is 6.60. The number of halogens is 3. The highest BCUT2D eigenvalue weighted by Crippen LogP contribution is 2.32. The van der Waals surface area contributed by atoms with E-state index in [0.717, 1.165) is 33.8 Å². The van der Waals surface area contributed by atoms with E-state index in [1.165, 1.54) is 6.07 Å². The van der Waals surface area contributed by atoms with E-state index >= 15 is 0 Å². The number of carbonyl (C=O) groups excluding carboxylic acids is 1. The van der Waals surface area contributed by atoms with Crippen LogP contribution in [0.15, 0.2) is 42.5 Å². The molecular formula is C22H26F3N3O3S. The highest BCUT2D eigenvalue weighted by atomic mass is 32.2. The van der Waals surface area contributed by atoms with Crippen LogP contribution >= 0.6 is 0 Å². The van der Waals surface area contributed by atoms with Crippen molar-refractivity contribution in [1.82, 2.24) is 4.90 Å². The van der Waals surface area contributed by atoms with Gasteiger partial charge in [-0.3, -0.25) is 9.10 Å². The summed E-state index contributed by atoms with van der Waals surface area (Å²) in [5.74, 6) is -0.348. The van der Waals surface area contributed by atoms with Crippen molar-refractivity contribution in [3.63, 3.8) is 0 Å². The molecule has 0 atom stereocenters. The van der Waals surface area contributed by atoms with E-state index in [9.17, 15) is 26.4 Å². The maximum Gasteiger partial charge on any atom is 0.416 e. The second-order valence-electron chi connectivity index (χ2n) is 7.98. The van der Waals surface area contributed by atoms with Crippen LogP contribution in [0.3, 0.4) is 0 Å².